The number of hydrogen-bond donors (Lipinski definition) is 2. The van der Waals surface area contributed by atoms with Crippen molar-refractivity contribution in [2.24, 2.45) is 0 Å². The number of fused-ring (bicyclic) bond motifs is 1. The highest BCUT2D eigenvalue weighted by atomic mass is 32.2. The van der Waals surface area contributed by atoms with Gasteiger partial charge < -0.3 is 10.6 Å². The van der Waals surface area contributed by atoms with Crippen LogP contribution in [0.1, 0.15) is 11.1 Å². The second-order valence-corrected chi connectivity index (χ2v) is 8.06. The lowest BCUT2D eigenvalue weighted by atomic mass is 10.1. The standard InChI is InChI=1S/C20H15N3O3S2/c1-11-6-8-12(9-7-11)21-15(24)10-23-14-5-3-2-4-13(14)16(19(23)26)17-18(25)22-20(27)28-17/h2-9H,10H2,1H3,(H,21,24)(H,22,25,27)/b17-16+. The topological polar surface area (TPSA) is 78.5 Å². The summed E-state index contributed by atoms with van der Waals surface area (Å²) >= 11 is 6.10. The molecule has 2 aromatic rings. The van der Waals surface area contributed by atoms with Gasteiger partial charge in [0.1, 0.15) is 10.9 Å². The molecule has 28 heavy (non-hydrogen) atoms. The fourth-order valence-corrected chi connectivity index (χ4v) is 4.23. The fourth-order valence-electron chi connectivity index (χ4n) is 3.12. The van der Waals surface area contributed by atoms with Gasteiger partial charge in [-0.3, -0.25) is 19.3 Å². The van der Waals surface area contributed by atoms with Crippen LogP contribution in [0, 0.1) is 6.92 Å². The van der Waals surface area contributed by atoms with E-state index in [0.29, 0.717) is 21.3 Å². The second-order valence-electron chi connectivity index (χ2n) is 6.37. The minimum Gasteiger partial charge on any atom is -0.325 e. The van der Waals surface area contributed by atoms with Crippen molar-refractivity contribution in [2.75, 3.05) is 16.8 Å². The summed E-state index contributed by atoms with van der Waals surface area (Å²) in [7, 11) is 0. The van der Waals surface area contributed by atoms with Gasteiger partial charge in [-0.15, -0.1) is 0 Å². The van der Waals surface area contributed by atoms with Crippen LogP contribution in [0.4, 0.5) is 11.4 Å². The first-order chi connectivity index (χ1) is 13.4. The number of rotatable bonds is 3. The molecule has 0 atom stereocenters. The number of benzene rings is 2. The highest BCUT2D eigenvalue weighted by Crippen LogP contribution is 2.42. The molecule has 0 spiro atoms. The summed E-state index contributed by atoms with van der Waals surface area (Å²) in [4.78, 5) is 39.5. The Morgan fingerprint density at radius 3 is 2.54 bits per heavy atom. The van der Waals surface area contributed by atoms with E-state index >= 15 is 0 Å². The van der Waals surface area contributed by atoms with E-state index in [1.165, 1.54) is 4.90 Å². The Labute approximate surface area is 171 Å². The second kappa shape index (κ2) is 7.21. The number of carbonyl (C=O) groups excluding carboxylic acids is 3. The molecule has 2 N–H and O–H groups in total. The van der Waals surface area contributed by atoms with Crippen molar-refractivity contribution in [3.05, 3.63) is 64.6 Å². The molecule has 0 aromatic heterocycles. The van der Waals surface area contributed by atoms with E-state index in [2.05, 4.69) is 10.6 Å². The van der Waals surface area contributed by atoms with Gasteiger partial charge in [-0.05, 0) is 25.1 Å². The monoisotopic (exact) mass is 409 g/mol. The number of amides is 3. The number of anilines is 2. The Morgan fingerprint density at radius 1 is 1.14 bits per heavy atom. The summed E-state index contributed by atoms with van der Waals surface area (Å²) in [5.41, 5.74) is 3.24. The van der Waals surface area contributed by atoms with Gasteiger partial charge in [-0.1, -0.05) is 59.9 Å². The van der Waals surface area contributed by atoms with Crippen LogP contribution in [0.3, 0.4) is 0 Å². The number of aryl methyl sites for hydroxylation is 1. The van der Waals surface area contributed by atoms with E-state index in [1.54, 1.807) is 36.4 Å². The summed E-state index contributed by atoms with van der Waals surface area (Å²) in [6.45, 7) is 1.81. The largest absolute Gasteiger partial charge is 0.325 e. The molecular formula is C20H15N3O3S2. The average molecular weight is 409 g/mol. The van der Waals surface area contributed by atoms with Gasteiger partial charge in [0.05, 0.1) is 16.2 Å². The molecule has 0 aliphatic carbocycles. The van der Waals surface area contributed by atoms with Crippen LogP contribution in [-0.4, -0.2) is 28.6 Å². The molecule has 1 saturated heterocycles. The zero-order valence-corrected chi connectivity index (χ0v) is 16.4. The minimum absolute atomic E-state index is 0.156. The molecular weight excluding hydrogens is 394 g/mol. The zero-order valence-electron chi connectivity index (χ0n) is 14.8. The average Bonchev–Trinajstić information content (AvgIpc) is 3.13. The molecule has 6 nitrogen and oxygen atoms in total. The van der Waals surface area contributed by atoms with E-state index in [-0.39, 0.29) is 34.7 Å². The molecule has 0 unspecified atom stereocenters. The maximum atomic E-state index is 13.1. The van der Waals surface area contributed by atoms with Gasteiger partial charge in [0, 0.05) is 11.3 Å². The number of nitrogens with zero attached hydrogens (tertiary/aromatic N) is 1. The Hall–Kier alpha value is -2.97. The number of nitrogens with one attached hydrogen (secondary N) is 2. The summed E-state index contributed by atoms with van der Waals surface area (Å²) in [5, 5.41) is 5.33. The van der Waals surface area contributed by atoms with Crippen molar-refractivity contribution < 1.29 is 14.4 Å². The van der Waals surface area contributed by atoms with Crippen molar-refractivity contribution in [2.45, 2.75) is 6.92 Å². The number of hydrogen-bond acceptors (Lipinski definition) is 5. The predicted octanol–water partition coefficient (Wildman–Crippen LogP) is 2.84. The molecule has 0 bridgehead atoms. The van der Waals surface area contributed by atoms with Crippen LogP contribution >= 0.6 is 24.0 Å². The minimum atomic E-state index is -0.390. The highest BCUT2D eigenvalue weighted by Gasteiger charge is 2.39. The van der Waals surface area contributed by atoms with E-state index in [4.69, 9.17) is 12.2 Å². The Morgan fingerprint density at radius 2 is 1.86 bits per heavy atom. The first-order valence-electron chi connectivity index (χ1n) is 8.49. The van der Waals surface area contributed by atoms with Crippen molar-refractivity contribution >= 4 is 63.0 Å². The third-order valence-corrected chi connectivity index (χ3v) is 5.64. The molecule has 2 aliphatic rings. The maximum Gasteiger partial charge on any atom is 0.264 e. The lowest BCUT2D eigenvalue weighted by Crippen LogP contribution is -2.35. The first-order valence-corrected chi connectivity index (χ1v) is 9.72. The van der Waals surface area contributed by atoms with Crippen LogP contribution in [0.25, 0.3) is 5.57 Å². The SMILES string of the molecule is Cc1ccc(NC(=O)CN2C(=O)/C(=C3/SC(=S)NC3=O)c3ccccc32)cc1. The predicted molar refractivity (Wildman–Crippen MR) is 114 cm³/mol. The van der Waals surface area contributed by atoms with Gasteiger partial charge in [-0.2, -0.15) is 0 Å². The third kappa shape index (κ3) is 3.32. The fraction of sp³-hybridized carbons (Fsp3) is 0.100. The van der Waals surface area contributed by atoms with Crippen LogP contribution in [0.15, 0.2) is 53.4 Å². The van der Waals surface area contributed by atoms with Crippen molar-refractivity contribution in [3.63, 3.8) is 0 Å². The van der Waals surface area contributed by atoms with Gasteiger partial charge in [0.2, 0.25) is 5.91 Å². The molecule has 0 radical (unpaired) electrons. The third-order valence-electron chi connectivity index (χ3n) is 4.40. The molecule has 2 aromatic carbocycles. The normalized spacial score (nSPS) is 18.3. The molecule has 8 heteroatoms. The summed E-state index contributed by atoms with van der Waals surface area (Å²) < 4.78 is 0.313. The van der Waals surface area contributed by atoms with E-state index < -0.39 is 0 Å². The van der Waals surface area contributed by atoms with Crippen molar-refractivity contribution in [1.82, 2.24) is 5.32 Å². The summed E-state index contributed by atoms with van der Waals surface area (Å²) in [6.07, 6.45) is 0. The lowest BCUT2D eigenvalue weighted by molar-refractivity contribution is -0.118. The zero-order chi connectivity index (χ0) is 19.8. The molecule has 140 valence electrons. The van der Waals surface area contributed by atoms with Gasteiger partial charge >= 0.3 is 0 Å². The summed E-state index contributed by atoms with van der Waals surface area (Å²) in [5.74, 6) is -1.10. The molecule has 3 amide bonds. The number of thiocarbonyl (C=S) groups is 1. The van der Waals surface area contributed by atoms with E-state index in [1.807, 2.05) is 19.1 Å². The summed E-state index contributed by atoms with van der Waals surface area (Å²) in [6, 6.07) is 14.5. The van der Waals surface area contributed by atoms with Crippen LogP contribution < -0.4 is 15.5 Å². The lowest BCUT2D eigenvalue weighted by Gasteiger charge is -2.16. The Bertz CT molecular complexity index is 1060. The number of carbonyl (C=O) groups is 3. The quantitative estimate of drug-likeness (QED) is 0.602. The molecule has 2 aliphatic heterocycles. The Kier molecular flexibility index (Phi) is 4.74. The van der Waals surface area contributed by atoms with Crippen molar-refractivity contribution in [1.29, 1.82) is 0 Å². The smallest absolute Gasteiger partial charge is 0.264 e. The molecule has 2 heterocycles. The van der Waals surface area contributed by atoms with Crippen molar-refractivity contribution in [3.8, 4) is 0 Å². The van der Waals surface area contributed by atoms with Crippen LogP contribution in [0.5, 0.6) is 0 Å². The molecule has 0 saturated carbocycles. The van der Waals surface area contributed by atoms with Gasteiger partial charge in [-0.25, -0.2) is 0 Å². The first kappa shape index (κ1) is 18.4. The van der Waals surface area contributed by atoms with Crippen LogP contribution in [0.2, 0.25) is 0 Å². The number of para-hydroxylation sites is 1. The highest BCUT2D eigenvalue weighted by molar-refractivity contribution is 8.27. The van der Waals surface area contributed by atoms with Gasteiger partial charge in [0.15, 0.2) is 0 Å². The number of thioether (sulfide) groups is 1. The Balaban J connectivity index is 1.63. The van der Waals surface area contributed by atoms with E-state index in [0.717, 1.165) is 17.3 Å². The van der Waals surface area contributed by atoms with Gasteiger partial charge in [0.25, 0.3) is 11.8 Å². The van der Waals surface area contributed by atoms with E-state index in [9.17, 15) is 14.4 Å². The molecule has 1 fully saturated rings. The van der Waals surface area contributed by atoms with Crippen LogP contribution in [-0.2, 0) is 14.4 Å². The maximum absolute atomic E-state index is 13.1. The molecule has 4 rings (SSSR count).